The summed E-state index contributed by atoms with van der Waals surface area (Å²) in [6.45, 7) is 0. The number of nitro benzene ring substituents is 1. The van der Waals surface area contributed by atoms with Gasteiger partial charge < -0.3 is 15.1 Å². The van der Waals surface area contributed by atoms with Gasteiger partial charge in [-0.3, -0.25) is 15.1 Å². The molecule has 8 heteroatoms. The quantitative estimate of drug-likeness (QED) is 0.229. The zero-order chi connectivity index (χ0) is 20.0. The first-order valence-corrected chi connectivity index (χ1v) is 9.25. The predicted octanol–water partition coefficient (Wildman–Crippen LogP) is 4.27. The molecule has 1 aliphatic carbocycles. The normalized spacial score (nSPS) is 14.4. The molecule has 0 radical (unpaired) electrons. The van der Waals surface area contributed by atoms with E-state index in [1.54, 1.807) is 12.1 Å². The Morgan fingerprint density at radius 1 is 1.14 bits per heavy atom. The molecule has 0 aliphatic heterocycles. The topological polar surface area (TPSA) is 123 Å². The lowest BCUT2D eigenvalue weighted by Gasteiger charge is -2.00. The number of rotatable bonds is 5. The Labute approximate surface area is 165 Å². The number of benzene rings is 2. The van der Waals surface area contributed by atoms with Gasteiger partial charge >= 0.3 is 0 Å². The number of hydrogen-bond donors (Lipinski definition) is 2. The second-order valence-corrected chi connectivity index (χ2v) is 7.03. The minimum Gasteiger partial charge on any atom is -0.453 e. The van der Waals surface area contributed by atoms with Gasteiger partial charge in [0.2, 0.25) is 0 Å². The van der Waals surface area contributed by atoms with E-state index in [4.69, 9.17) is 10.2 Å². The number of nitrogens with zero attached hydrogens (tertiary/aromatic N) is 3. The first-order chi connectivity index (χ1) is 14.1. The minimum absolute atomic E-state index is 0.0399. The molecule has 0 saturated heterocycles. The Kier molecular flexibility index (Phi) is 3.90. The fourth-order valence-electron chi connectivity index (χ4n) is 3.13. The van der Waals surface area contributed by atoms with Gasteiger partial charge in [-0.15, -0.1) is 0 Å². The zero-order valence-corrected chi connectivity index (χ0v) is 15.3. The second-order valence-electron chi connectivity index (χ2n) is 7.03. The number of nitro groups is 1. The molecule has 2 aromatic heterocycles. The standard InChI is InChI=1S/C21H17N5O3/c22-20(23-14-4-5-14)13-3-8-16-17(11-13)25-21(24-16)19-10-9-18(29-19)12-1-6-15(7-2-12)26(27)28/h1-3,6-11,14H,4-5H2,(H2,22,23)(H,24,25). The molecule has 3 N–H and O–H groups in total. The van der Waals surface area contributed by atoms with Crippen LogP contribution in [0.1, 0.15) is 18.4 Å². The van der Waals surface area contributed by atoms with Crippen molar-refractivity contribution in [1.82, 2.24) is 9.97 Å². The van der Waals surface area contributed by atoms with Gasteiger partial charge in [-0.2, -0.15) is 0 Å². The SMILES string of the molecule is NC(=NC1CC1)c1ccc2nc(-c3ccc(-c4ccc([N+](=O)[O-])cc4)o3)[nH]c2c1. The number of amidine groups is 1. The molecule has 0 unspecified atom stereocenters. The second kappa shape index (κ2) is 6.59. The average molecular weight is 387 g/mol. The molecule has 0 bridgehead atoms. The molecule has 2 aromatic carbocycles. The van der Waals surface area contributed by atoms with Gasteiger partial charge in [-0.05, 0) is 55.3 Å². The van der Waals surface area contributed by atoms with Gasteiger partial charge in [0.05, 0.1) is 22.0 Å². The molecule has 2 heterocycles. The minimum atomic E-state index is -0.428. The number of H-pyrrole nitrogens is 1. The number of aromatic amines is 1. The summed E-state index contributed by atoms with van der Waals surface area (Å²) < 4.78 is 5.91. The van der Waals surface area contributed by atoms with Crippen LogP contribution in [0.2, 0.25) is 0 Å². The van der Waals surface area contributed by atoms with Crippen molar-refractivity contribution in [2.75, 3.05) is 0 Å². The van der Waals surface area contributed by atoms with Gasteiger partial charge in [0.15, 0.2) is 11.6 Å². The van der Waals surface area contributed by atoms with Crippen LogP contribution in [0.25, 0.3) is 33.9 Å². The highest BCUT2D eigenvalue weighted by molar-refractivity contribution is 6.00. The van der Waals surface area contributed by atoms with E-state index in [1.165, 1.54) is 12.1 Å². The Hall–Kier alpha value is -3.94. The van der Waals surface area contributed by atoms with Gasteiger partial charge in [-0.1, -0.05) is 0 Å². The maximum absolute atomic E-state index is 10.8. The number of hydrogen-bond acceptors (Lipinski definition) is 5. The van der Waals surface area contributed by atoms with Crippen LogP contribution in [-0.4, -0.2) is 26.8 Å². The van der Waals surface area contributed by atoms with E-state index < -0.39 is 4.92 Å². The maximum Gasteiger partial charge on any atom is 0.269 e. The summed E-state index contributed by atoms with van der Waals surface area (Å²) in [6, 6.07) is 16.0. The van der Waals surface area contributed by atoms with Crippen LogP contribution >= 0.6 is 0 Å². The first kappa shape index (κ1) is 17.2. The largest absolute Gasteiger partial charge is 0.453 e. The molecule has 1 fully saturated rings. The van der Waals surface area contributed by atoms with Crippen molar-refractivity contribution >= 4 is 22.6 Å². The number of aliphatic imine (C=N–C) groups is 1. The third kappa shape index (κ3) is 3.36. The predicted molar refractivity (Wildman–Crippen MR) is 110 cm³/mol. The Balaban J connectivity index is 1.44. The Bertz CT molecular complexity index is 1250. The van der Waals surface area contributed by atoms with Crippen molar-refractivity contribution in [3.63, 3.8) is 0 Å². The van der Waals surface area contributed by atoms with Crippen molar-refractivity contribution in [2.24, 2.45) is 10.7 Å². The molecule has 29 heavy (non-hydrogen) atoms. The first-order valence-electron chi connectivity index (χ1n) is 9.25. The lowest BCUT2D eigenvalue weighted by Crippen LogP contribution is -2.14. The number of nitrogens with two attached hydrogens (primary N) is 1. The monoisotopic (exact) mass is 387 g/mol. The molecule has 0 atom stereocenters. The fourth-order valence-corrected chi connectivity index (χ4v) is 3.13. The van der Waals surface area contributed by atoms with Crippen molar-refractivity contribution in [3.05, 3.63) is 70.3 Å². The number of furan rings is 1. The van der Waals surface area contributed by atoms with Crippen LogP contribution in [0.15, 0.2) is 64.0 Å². The maximum atomic E-state index is 10.8. The Morgan fingerprint density at radius 3 is 2.62 bits per heavy atom. The van der Waals surface area contributed by atoms with E-state index in [2.05, 4.69) is 15.0 Å². The summed E-state index contributed by atoms with van der Waals surface area (Å²) >= 11 is 0. The van der Waals surface area contributed by atoms with E-state index in [0.29, 0.717) is 29.2 Å². The van der Waals surface area contributed by atoms with Crippen LogP contribution in [-0.2, 0) is 0 Å². The molecule has 4 aromatic rings. The van der Waals surface area contributed by atoms with Crippen LogP contribution in [0.5, 0.6) is 0 Å². The molecular weight excluding hydrogens is 370 g/mol. The fraction of sp³-hybridized carbons (Fsp3) is 0.143. The summed E-state index contributed by atoms with van der Waals surface area (Å²) in [4.78, 5) is 22.7. The van der Waals surface area contributed by atoms with Crippen LogP contribution < -0.4 is 5.73 Å². The third-order valence-corrected chi connectivity index (χ3v) is 4.85. The molecule has 5 rings (SSSR count). The van der Waals surface area contributed by atoms with E-state index >= 15 is 0 Å². The summed E-state index contributed by atoms with van der Waals surface area (Å²) in [5.74, 6) is 2.33. The average Bonchev–Trinajstić information content (AvgIpc) is 3.24. The van der Waals surface area contributed by atoms with E-state index in [-0.39, 0.29) is 5.69 Å². The number of imidazole rings is 1. The van der Waals surface area contributed by atoms with Crippen molar-refractivity contribution in [3.8, 4) is 22.9 Å². The molecule has 144 valence electrons. The van der Waals surface area contributed by atoms with Gasteiger partial charge in [-0.25, -0.2) is 4.98 Å². The van der Waals surface area contributed by atoms with E-state index in [0.717, 1.165) is 35.0 Å². The van der Waals surface area contributed by atoms with Gasteiger partial charge in [0.1, 0.15) is 11.6 Å². The highest BCUT2D eigenvalue weighted by atomic mass is 16.6. The molecule has 1 saturated carbocycles. The Morgan fingerprint density at radius 2 is 1.90 bits per heavy atom. The summed E-state index contributed by atoms with van der Waals surface area (Å²) in [6.07, 6.45) is 2.21. The highest BCUT2D eigenvalue weighted by Gasteiger charge is 2.21. The molecular formula is C21H17N5O3. The lowest BCUT2D eigenvalue weighted by molar-refractivity contribution is -0.384. The third-order valence-electron chi connectivity index (χ3n) is 4.85. The van der Waals surface area contributed by atoms with Gasteiger partial charge in [0, 0.05) is 23.3 Å². The number of fused-ring (bicyclic) bond motifs is 1. The number of nitrogens with one attached hydrogen (secondary N) is 1. The molecule has 0 amide bonds. The van der Waals surface area contributed by atoms with Crippen LogP contribution in [0.3, 0.4) is 0 Å². The zero-order valence-electron chi connectivity index (χ0n) is 15.3. The van der Waals surface area contributed by atoms with Crippen molar-refractivity contribution in [2.45, 2.75) is 18.9 Å². The smallest absolute Gasteiger partial charge is 0.269 e. The summed E-state index contributed by atoms with van der Waals surface area (Å²) in [7, 11) is 0. The molecule has 1 aliphatic rings. The lowest BCUT2D eigenvalue weighted by atomic mass is 10.1. The number of non-ortho nitro benzene ring substituents is 1. The van der Waals surface area contributed by atoms with Crippen LogP contribution in [0.4, 0.5) is 5.69 Å². The van der Waals surface area contributed by atoms with Crippen molar-refractivity contribution in [1.29, 1.82) is 0 Å². The van der Waals surface area contributed by atoms with Crippen molar-refractivity contribution < 1.29 is 9.34 Å². The molecule has 0 spiro atoms. The van der Waals surface area contributed by atoms with E-state index in [1.807, 2.05) is 30.3 Å². The van der Waals surface area contributed by atoms with E-state index in [9.17, 15) is 10.1 Å². The van der Waals surface area contributed by atoms with Crippen LogP contribution in [0, 0.1) is 10.1 Å². The number of aromatic nitrogens is 2. The highest BCUT2D eigenvalue weighted by Crippen LogP contribution is 2.30. The molecule has 8 nitrogen and oxygen atoms in total. The summed E-state index contributed by atoms with van der Waals surface area (Å²) in [5, 5.41) is 10.8. The van der Waals surface area contributed by atoms with Gasteiger partial charge in [0.25, 0.3) is 5.69 Å². The summed E-state index contributed by atoms with van der Waals surface area (Å²) in [5.41, 5.74) is 9.41.